The van der Waals surface area contributed by atoms with Crippen LogP contribution in [0.4, 0.5) is 5.69 Å². The van der Waals surface area contributed by atoms with Gasteiger partial charge in [0.05, 0.1) is 19.1 Å². The summed E-state index contributed by atoms with van der Waals surface area (Å²) in [6.07, 6.45) is 2.17. The number of hydrogen-bond acceptors (Lipinski definition) is 6. The van der Waals surface area contributed by atoms with Crippen molar-refractivity contribution in [2.24, 2.45) is 5.92 Å². The summed E-state index contributed by atoms with van der Waals surface area (Å²) in [5.74, 6) is 0.698. The Kier molecular flexibility index (Phi) is 7.09. The van der Waals surface area contributed by atoms with Gasteiger partial charge < -0.3 is 30.0 Å². The first-order chi connectivity index (χ1) is 15.1. The number of amides is 2. The third-order valence-electron chi connectivity index (χ3n) is 6.34. The Morgan fingerprint density at radius 3 is 2.77 bits per heavy atom. The Morgan fingerprint density at radius 1 is 1.23 bits per heavy atom. The smallest absolute Gasteiger partial charge is 0.227 e. The van der Waals surface area contributed by atoms with Crippen molar-refractivity contribution >= 4 is 17.5 Å². The van der Waals surface area contributed by atoms with Crippen molar-refractivity contribution in [3.05, 3.63) is 23.8 Å². The summed E-state index contributed by atoms with van der Waals surface area (Å²) >= 11 is 0. The summed E-state index contributed by atoms with van der Waals surface area (Å²) in [4.78, 5) is 24.8. The van der Waals surface area contributed by atoms with Crippen LogP contribution < -0.4 is 15.4 Å². The number of carbonyl (C=O) groups is 2. The Hall–Kier alpha value is -2.16. The van der Waals surface area contributed by atoms with Gasteiger partial charge >= 0.3 is 0 Å². The number of nitrogens with one attached hydrogen (secondary N) is 2. The molecule has 3 N–H and O–H groups in total. The van der Waals surface area contributed by atoms with E-state index in [1.54, 1.807) is 0 Å². The molecule has 170 valence electrons. The topological polar surface area (TPSA) is 106 Å². The zero-order valence-corrected chi connectivity index (χ0v) is 18.0. The third kappa shape index (κ3) is 5.02. The van der Waals surface area contributed by atoms with Crippen LogP contribution in [0.5, 0.6) is 5.75 Å². The summed E-state index contributed by atoms with van der Waals surface area (Å²) in [6, 6.07) is 5.67. The highest BCUT2D eigenvalue weighted by molar-refractivity contribution is 5.92. The summed E-state index contributed by atoms with van der Waals surface area (Å²) in [6.45, 7) is 3.72. The molecule has 1 aromatic carbocycles. The molecule has 3 aliphatic heterocycles. The predicted octanol–water partition coefficient (Wildman–Crippen LogP) is 1.96. The molecule has 8 heteroatoms. The van der Waals surface area contributed by atoms with Gasteiger partial charge in [0.1, 0.15) is 18.0 Å². The third-order valence-corrected chi connectivity index (χ3v) is 6.34. The molecule has 31 heavy (non-hydrogen) atoms. The SMILES string of the molecule is CCCNC(=O)C[C@@H]1C[C@@H]2c3cc(NC(=O)C4CCOCC4)ccc3O[C@@H]2[C@@H](CO)O1. The van der Waals surface area contributed by atoms with E-state index in [2.05, 4.69) is 10.6 Å². The lowest BCUT2D eigenvalue weighted by molar-refractivity contribution is -0.142. The van der Waals surface area contributed by atoms with E-state index in [9.17, 15) is 14.7 Å². The molecular weight excluding hydrogens is 400 g/mol. The number of benzene rings is 1. The zero-order valence-electron chi connectivity index (χ0n) is 18.0. The largest absolute Gasteiger partial charge is 0.487 e. The highest BCUT2D eigenvalue weighted by Gasteiger charge is 2.46. The van der Waals surface area contributed by atoms with Gasteiger partial charge in [-0.05, 0) is 43.9 Å². The Bertz CT molecular complexity index is 794. The van der Waals surface area contributed by atoms with E-state index in [-0.39, 0.29) is 48.9 Å². The molecule has 1 aromatic rings. The van der Waals surface area contributed by atoms with Crippen LogP contribution in [0.2, 0.25) is 0 Å². The van der Waals surface area contributed by atoms with Crippen molar-refractivity contribution in [1.29, 1.82) is 0 Å². The first-order valence-corrected chi connectivity index (χ1v) is 11.3. The van der Waals surface area contributed by atoms with Crippen molar-refractivity contribution in [3.63, 3.8) is 0 Å². The number of aliphatic hydroxyl groups excluding tert-OH is 1. The summed E-state index contributed by atoms with van der Waals surface area (Å²) in [5, 5.41) is 15.8. The van der Waals surface area contributed by atoms with Crippen molar-refractivity contribution < 1.29 is 28.9 Å². The fourth-order valence-electron chi connectivity index (χ4n) is 4.71. The molecule has 4 atom stereocenters. The van der Waals surface area contributed by atoms with Crippen molar-refractivity contribution in [1.82, 2.24) is 5.32 Å². The van der Waals surface area contributed by atoms with Crippen molar-refractivity contribution in [2.75, 3.05) is 31.7 Å². The number of fused-ring (bicyclic) bond motifs is 3. The second-order valence-corrected chi connectivity index (χ2v) is 8.59. The lowest BCUT2D eigenvalue weighted by Gasteiger charge is -2.37. The zero-order chi connectivity index (χ0) is 21.8. The summed E-state index contributed by atoms with van der Waals surface area (Å²) in [5.41, 5.74) is 1.74. The predicted molar refractivity (Wildman–Crippen MR) is 114 cm³/mol. The monoisotopic (exact) mass is 432 g/mol. The van der Waals surface area contributed by atoms with E-state index in [0.717, 1.165) is 36.3 Å². The van der Waals surface area contributed by atoms with Gasteiger partial charge in [-0.3, -0.25) is 9.59 Å². The normalized spacial score (nSPS) is 27.7. The van der Waals surface area contributed by atoms with Gasteiger partial charge in [0.2, 0.25) is 11.8 Å². The molecule has 0 aliphatic carbocycles. The highest BCUT2D eigenvalue weighted by atomic mass is 16.6. The molecule has 0 bridgehead atoms. The first kappa shape index (κ1) is 22.0. The number of ether oxygens (including phenoxy) is 3. The van der Waals surface area contributed by atoms with Crippen LogP contribution in [-0.4, -0.2) is 61.6 Å². The quantitative estimate of drug-likeness (QED) is 0.608. The molecule has 3 aliphatic rings. The summed E-state index contributed by atoms with van der Waals surface area (Å²) < 4.78 is 17.4. The average molecular weight is 433 g/mol. The molecule has 0 spiro atoms. The van der Waals surface area contributed by atoms with Gasteiger partial charge in [-0.15, -0.1) is 0 Å². The van der Waals surface area contributed by atoms with E-state index in [1.807, 2.05) is 25.1 Å². The number of rotatable bonds is 7. The van der Waals surface area contributed by atoms with Crippen LogP contribution in [0.25, 0.3) is 0 Å². The molecular formula is C23H32N2O6. The molecule has 2 saturated heterocycles. The fraction of sp³-hybridized carbons (Fsp3) is 0.652. The summed E-state index contributed by atoms with van der Waals surface area (Å²) in [7, 11) is 0. The second-order valence-electron chi connectivity index (χ2n) is 8.59. The maximum absolute atomic E-state index is 12.6. The van der Waals surface area contributed by atoms with Gasteiger partial charge in [0.15, 0.2) is 0 Å². The van der Waals surface area contributed by atoms with Crippen molar-refractivity contribution in [2.45, 2.75) is 63.3 Å². The minimum atomic E-state index is -0.490. The van der Waals surface area contributed by atoms with Gasteiger partial charge in [-0.25, -0.2) is 0 Å². The van der Waals surface area contributed by atoms with Gasteiger partial charge in [0, 0.05) is 42.8 Å². The van der Waals surface area contributed by atoms with Crippen LogP contribution in [-0.2, 0) is 19.1 Å². The van der Waals surface area contributed by atoms with Gasteiger partial charge in [-0.2, -0.15) is 0 Å². The maximum atomic E-state index is 12.6. The first-order valence-electron chi connectivity index (χ1n) is 11.3. The number of aliphatic hydroxyl groups is 1. The average Bonchev–Trinajstić information content (AvgIpc) is 3.15. The standard InChI is InChI=1S/C23H32N2O6/c1-2-7-24-21(27)12-16-11-18-17-10-15(25-23(28)14-5-8-29-9-6-14)3-4-19(17)31-22(18)20(13-26)30-16/h3-4,10,14,16,18,20,22,26H,2,5-9,11-13H2,1H3,(H,24,27)(H,25,28)/t16-,18+,20+,22-/m0/s1. The van der Waals surface area contributed by atoms with E-state index in [0.29, 0.717) is 26.2 Å². The van der Waals surface area contributed by atoms with Crippen LogP contribution in [0.3, 0.4) is 0 Å². The molecule has 0 unspecified atom stereocenters. The Labute approximate surface area is 182 Å². The molecule has 2 amide bonds. The molecule has 3 heterocycles. The molecule has 0 aromatic heterocycles. The minimum Gasteiger partial charge on any atom is -0.487 e. The van der Waals surface area contributed by atoms with Crippen LogP contribution >= 0.6 is 0 Å². The lowest BCUT2D eigenvalue weighted by Crippen LogP contribution is -2.47. The Balaban J connectivity index is 1.46. The van der Waals surface area contributed by atoms with Crippen LogP contribution in [0.1, 0.15) is 50.5 Å². The van der Waals surface area contributed by atoms with E-state index in [1.165, 1.54) is 0 Å². The van der Waals surface area contributed by atoms with E-state index >= 15 is 0 Å². The van der Waals surface area contributed by atoms with Gasteiger partial charge in [-0.1, -0.05) is 6.92 Å². The number of carbonyl (C=O) groups excluding carboxylic acids is 2. The molecule has 8 nitrogen and oxygen atoms in total. The van der Waals surface area contributed by atoms with Crippen LogP contribution in [0, 0.1) is 5.92 Å². The van der Waals surface area contributed by atoms with E-state index in [4.69, 9.17) is 14.2 Å². The lowest BCUT2D eigenvalue weighted by atomic mass is 9.84. The Morgan fingerprint density at radius 2 is 2.03 bits per heavy atom. The second kappa shape index (κ2) is 9.97. The fourth-order valence-corrected chi connectivity index (χ4v) is 4.71. The molecule has 2 fully saturated rings. The van der Waals surface area contributed by atoms with Gasteiger partial charge in [0.25, 0.3) is 0 Å². The molecule has 0 saturated carbocycles. The number of anilines is 1. The minimum absolute atomic E-state index is 0.00445. The highest BCUT2D eigenvalue weighted by Crippen LogP contribution is 2.47. The molecule has 0 radical (unpaired) electrons. The van der Waals surface area contributed by atoms with Crippen LogP contribution in [0.15, 0.2) is 18.2 Å². The van der Waals surface area contributed by atoms with Crippen molar-refractivity contribution in [3.8, 4) is 5.75 Å². The maximum Gasteiger partial charge on any atom is 0.227 e. The molecule has 4 rings (SSSR count). The number of hydrogen-bond donors (Lipinski definition) is 3. The van der Waals surface area contributed by atoms with E-state index < -0.39 is 6.10 Å².